The van der Waals surface area contributed by atoms with Crippen LogP contribution in [0.25, 0.3) is 0 Å². The van der Waals surface area contributed by atoms with Crippen molar-refractivity contribution in [3.8, 4) is 0 Å². The predicted octanol–water partition coefficient (Wildman–Crippen LogP) is 3.83. The van der Waals surface area contributed by atoms with Gasteiger partial charge in [-0.25, -0.2) is 4.79 Å². The van der Waals surface area contributed by atoms with Gasteiger partial charge in [-0.2, -0.15) is 0 Å². The van der Waals surface area contributed by atoms with E-state index in [0.717, 1.165) is 5.56 Å². The number of imide groups is 1. The largest absolute Gasteiger partial charge is 0.465 e. The van der Waals surface area contributed by atoms with Gasteiger partial charge in [0.05, 0.1) is 30.3 Å². The Bertz CT molecular complexity index is 1250. The van der Waals surface area contributed by atoms with E-state index < -0.39 is 17.8 Å². The topological polar surface area (TPSA) is 92.8 Å². The van der Waals surface area contributed by atoms with Crippen LogP contribution in [0.3, 0.4) is 0 Å². The molecule has 7 nitrogen and oxygen atoms in total. The summed E-state index contributed by atoms with van der Waals surface area (Å²) in [6.45, 7) is 1.93. The van der Waals surface area contributed by atoms with Crippen LogP contribution in [0, 0.1) is 6.92 Å². The van der Waals surface area contributed by atoms with E-state index in [1.165, 1.54) is 30.2 Å². The predicted molar refractivity (Wildman–Crippen MR) is 118 cm³/mol. The van der Waals surface area contributed by atoms with E-state index in [1.54, 1.807) is 25.1 Å². The fraction of sp³-hybridized carbons (Fsp3) is 0.120. The third-order valence-corrected chi connectivity index (χ3v) is 5.31. The smallest absolute Gasteiger partial charge is 0.337 e. The summed E-state index contributed by atoms with van der Waals surface area (Å²) in [5, 5.41) is 2.78. The molecule has 160 valence electrons. The number of rotatable bonds is 5. The van der Waals surface area contributed by atoms with Gasteiger partial charge in [0, 0.05) is 11.3 Å². The number of fused-ring (bicyclic) bond motifs is 1. The van der Waals surface area contributed by atoms with Crippen molar-refractivity contribution in [3.63, 3.8) is 0 Å². The molecule has 0 spiro atoms. The molecular weight excluding hydrogens is 408 g/mol. The Hall–Kier alpha value is -4.26. The van der Waals surface area contributed by atoms with Crippen LogP contribution >= 0.6 is 0 Å². The lowest BCUT2D eigenvalue weighted by atomic mass is 10.0. The Morgan fingerprint density at radius 2 is 1.56 bits per heavy atom. The average Bonchev–Trinajstić information content (AvgIpc) is 3.04. The molecule has 0 bridgehead atoms. The fourth-order valence-corrected chi connectivity index (χ4v) is 3.58. The van der Waals surface area contributed by atoms with Gasteiger partial charge >= 0.3 is 5.97 Å². The molecule has 0 atom stereocenters. The molecule has 3 aromatic carbocycles. The van der Waals surface area contributed by atoms with Crippen molar-refractivity contribution in [3.05, 3.63) is 100 Å². The minimum Gasteiger partial charge on any atom is -0.465 e. The number of benzene rings is 3. The van der Waals surface area contributed by atoms with E-state index in [2.05, 4.69) is 5.32 Å². The van der Waals surface area contributed by atoms with Crippen molar-refractivity contribution in [1.82, 2.24) is 4.90 Å². The van der Waals surface area contributed by atoms with Gasteiger partial charge in [-0.3, -0.25) is 19.3 Å². The minimum absolute atomic E-state index is 0.167. The second kappa shape index (κ2) is 8.47. The van der Waals surface area contributed by atoms with Gasteiger partial charge in [-0.1, -0.05) is 30.3 Å². The van der Waals surface area contributed by atoms with Crippen molar-refractivity contribution in [2.45, 2.75) is 13.5 Å². The number of anilines is 1. The summed E-state index contributed by atoms with van der Waals surface area (Å²) in [6.07, 6.45) is 0. The number of methoxy groups -OCH3 is 1. The van der Waals surface area contributed by atoms with Crippen molar-refractivity contribution < 1.29 is 23.9 Å². The molecule has 1 heterocycles. The summed E-state index contributed by atoms with van der Waals surface area (Å²) in [4.78, 5) is 51.2. The first-order valence-corrected chi connectivity index (χ1v) is 9.93. The van der Waals surface area contributed by atoms with Gasteiger partial charge in [0.1, 0.15) is 0 Å². The van der Waals surface area contributed by atoms with Gasteiger partial charge in [-0.05, 0) is 54.4 Å². The lowest BCUT2D eigenvalue weighted by Crippen LogP contribution is -2.29. The van der Waals surface area contributed by atoms with E-state index in [4.69, 9.17) is 4.74 Å². The molecule has 4 rings (SSSR count). The third-order valence-electron chi connectivity index (χ3n) is 5.31. The number of ether oxygens (including phenoxy) is 1. The second-order valence-electron chi connectivity index (χ2n) is 7.42. The maximum atomic E-state index is 12.9. The highest BCUT2D eigenvalue weighted by atomic mass is 16.5. The SMILES string of the molecule is COC(=O)c1ccc(NC(=O)c2ccc3c(c2)C(=O)N(Cc2ccccc2)C3=O)c(C)c1. The molecule has 3 amide bonds. The van der Waals surface area contributed by atoms with E-state index in [-0.39, 0.29) is 29.1 Å². The van der Waals surface area contributed by atoms with Gasteiger partial charge in [0.2, 0.25) is 0 Å². The molecule has 1 aliphatic heterocycles. The van der Waals surface area contributed by atoms with Crippen LogP contribution < -0.4 is 5.32 Å². The molecule has 0 saturated heterocycles. The number of nitrogens with zero attached hydrogens (tertiary/aromatic N) is 1. The van der Waals surface area contributed by atoms with E-state index in [0.29, 0.717) is 16.8 Å². The monoisotopic (exact) mass is 428 g/mol. The molecular formula is C25H20N2O5. The molecule has 7 heteroatoms. The number of carbonyl (C=O) groups excluding carboxylic acids is 4. The Balaban J connectivity index is 1.54. The molecule has 1 N–H and O–H groups in total. The van der Waals surface area contributed by atoms with Crippen molar-refractivity contribution in [2.75, 3.05) is 12.4 Å². The van der Waals surface area contributed by atoms with Gasteiger partial charge in [-0.15, -0.1) is 0 Å². The number of hydrogen-bond donors (Lipinski definition) is 1. The first-order valence-electron chi connectivity index (χ1n) is 9.93. The molecule has 0 unspecified atom stereocenters. The zero-order valence-corrected chi connectivity index (χ0v) is 17.5. The summed E-state index contributed by atoms with van der Waals surface area (Å²) in [5.41, 5.74) is 3.16. The number of amides is 3. The number of hydrogen-bond acceptors (Lipinski definition) is 5. The van der Waals surface area contributed by atoms with Crippen LogP contribution in [0.2, 0.25) is 0 Å². The molecule has 0 aliphatic carbocycles. The van der Waals surface area contributed by atoms with Crippen LogP contribution in [-0.4, -0.2) is 35.7 Å². The minimum atomic E-state index is -0.465. The molecule has 32 heavy (non-hydrogen) atoms. The summed E-state index contributed by atoms with van der Waals surface area (Å²) >= 11 is 0. The number of esters is 1. The van der Waals surface area contributed by atoms with Crippen molar-refractivity contribution in [2.24, 2.45) is 0 Å². The van der Waals surface area contributed by atoms with Gasteiger partial charge < -0.3 is 10.1 Å². The number of aryl methyl sites for hydroxylation is 1. The lowest BCUT2D eigenvalue weighted by molar-refractivity contribution is 0.0597. The molecule has 0 saturated carbocycles. The zero-order chi connectivity index (χ0) is 22.8. The quantitative estimate of drug-likeness (QED) is 0.493. The molecule has 0 fully saturated rings. The Labute approximate surface area is 184 Å². The summed E-state index contributed by atoms with van der Waals surface area (Å²) in [6, 6.07) is 18.5. The molecule has 3 aromatic rings. The Morgan fingerprint density at radius 1 is 0.875 bits per heavy atom. The summed E-state index contributed by atoms with van der Waals surface area (Å²) in [7, 11) is 1.30. The number of carbonyl (C=O) groups is 4. The van der Waals surface area contributed by atoms with Gasteiger partial charge in [0.15, 0.2) is 0 Å². The first kappa shape index (κ1) is 21.0. The summed E-state index contributed by atoms with van der Waals surface area (Å²) in [5.74, 6) is -1.70. The molecule has 0 aromatic heterocycles. The van der Waals surface area contributed by atoms with E-state index >= 15 is 0 Å². The van der Waals surface area contributed by atoms with Crippen molar-refractivity contribution in [1.29, 1.82) is 0 Å². The van der Waals surface area contributed by atoms with Crippen LogP contribution in [0.15, 0.2) is 66.7 Å². The zero-order valence-electron chi connectivity index (χ0n) is 17.5. The van der Waals surface area contributed by atoms with Crippen molar-refractivity contribution >= 4 is 29.4 Å². The maximum absolute atomic E-state index is 12.9. The summed E-state index contributed by atoms with van der Waals surface area (Å²) < 4.78 is 4.70. The van der Waals surface area contributed by atoms with Crippen LogP contribution in [-0.2, 0) is 11.3 Å². The maximum Gasteiger partial charge on any atom is 0.337 e. The Morgan fingerprint density at radius 3 is 2.25 bits per heavy atom. The van der Waals surface area contributed by atoms with Crippen LogP contribution in [0.5, 0.6) is 0 Å². The highest BCUT2D eigenvalue weighted by molar-refractivity contribution is 6.22. The highest BCUT2D eigenvalue weighted by Gasteiger charge is 2.36. The standard InChI is InChI=1S/C25H20N2O5/c1-15-12-18(25(31)32-2)9-11-21(15)26-22(28)17-8-10-19-20(13-17)24(30)27(23(19)29)14-16-6-4-3-5-7-16/h3-13H,14H2,1-2H3,(H,26,28). The van der Waals surface area contributed by atoms with Crippen LogP contribution in [0.1, 0.15) is 52.6 Å². The highest BCUT2D eigenvalue weighted by Crippen LogP contribution is 2.26. The average molecular weight is 428 g/mol. The van der Waals surface area contributed by atoms with Gasteiger partial charge in [0.25, 0.3) is 17.7 Å². The third kappa shape index (κ3) is 3.88. The van der Waals surface area contributed by atoms with E-state index in [9.17, 15) is 19.2 Å². The lowest BCUT2D eigenvalue weighted by Gasteiger charge is -2.13. The first-order chi connectivity index (χ1) is 15.4. The normalized spacial score (nSPS) is 12.5. The fourth-order valence-electron chi connectivity index (χ4n) is 3.58. The Kier molecular flexibility index (Phi) is 5.55. The van der Waals surface area contributed by atoms with E-state index in [1.807, 2.05) is 30.3 Å². The second-order valence-corrected chi connectivity index (χ2v) is 7.42. The number of nitrogens with one attached hydrogen (secondary N) is 1. The molecule has 1 aliphatic rings. The molecule has 0 radical (unpaired) electrons. The van der Waals surface area contributed by atoms with Crippen LogP contribution in [0.4, 0.5) is 5.69 Å².